The molecule has 2 N–H and O–H groups in total. The molecule has 1 unspecified atom stereocenters. The Bertz CT molecular complexity index is 833. The molecule has 1 heterocycles. The Morgan fingerprint density at radius 2 is 1.73 bits per heavy atom. The molecule has 0 spiro atoms. The van der Waals surface area contributed by atoms with Crippen molar-refractivity contribution in [1.82, 2.24) is 10.2 Å². The van der Waals surface area contributed by atoms with Gasteiger partial charge >= 0.3 is 6.03 Å². The summed E-state index contributed by atoms with van der Waals surface area (Å²) in [5.74, 6) is -0.809. The number of benzene rings is 2. The van der Waals surface area contributed by atoms with Gasteiger partial charge in [-0.2, -0.15) is 0 Å². The van der Waals surface area contributed by atoms with Gasteiger partial charge in [-0.3, -0.25) is 14.5 Å². The van der Waals surface area contributed by atoms with Gasteiger partial charge in [0.2, 0.25) is 5.91 Å². The summed E-state index contributed by atoms with van der Waals surface area (Å²) < 4.78 is 0. The molecule has 4 amide bonds. The third-order valence-electron chi connectivity index (χ3n) is 4.31. The van der Waals surface area contributed by atoms with Gasteiger partial charge in [0.15, 0.2) is 0 Å². The van der Waals surface area contributed by atoms with Gasteiger partial charge in [-0.1, -0.05) is 62.4 Å². The summed E-state index contributed by atoms with van der Waals surface area (Å²) in [5.41, 5.74) is 2.48. The summed E-state index contributed by atoms with van der Waals surface area (Å²) in [6.07, 6.45) is 0. The van der Waals surface area contributed by atoms with E-state index in [2.05, 4.69) is 10.6 Å². The molecule has 0 radical (unpaired) electrons. The number of hydrogen-bond donors (Lipinski definition) is 2. The zero-order valence-electron chi connectivity index (χ0n) is 14.7. The first kappa shape index (κ1) is 17.7. The number of anilines is 1. The summed E-state index contributed by atoms with van der Waals surface area (Å²) in [4.78, 5) is 37.7. The molecule has 0 saturated carbocycles. The van der Waals surface area contributed by atoms with E-state index in [9.17, 15) is 14.4 Å². The molecule has 134 valence electrons. The number of imide groups is 1. The quantitative estimate of drug-likeness (QED) is 0.813. The van der Waals surface area contributed by atoms with Crippen molar-refractivity contribution >= 4 is 23.5 Å². The van der Waals surface area contributed by atoms with Crippen molar-refractivity contribution in [3.8, 4) is 11.1 Å². The maximum atomic E-state index is 12.4. The summed E-state index contributed by atoms with van der Waals surface area (Å²) in [6, 6.07) is 16.0. The van der Waals surface area contributed by atoms with Gasteiger partial charge < -0.3 is 10.6 Å². The number of amides is 4. The highest BCUT2D eigenvalue weighted by Gasteiger charge is 2.40. The van der Waals surface area contributed by atoms with Crippen LogP contribution in [0.5, 0.6) is 0 Å². The Morgan fingerprint density at radius 3 is 2.38 bits per heavy atom. The van der Waals surface area contributed by atoms with E-state index in [1.165, 1.54) is 0 Å². The summed E-state index contributed by atoms with van der Waals surface area (Å²) in [6.45, 7) is 3.39. The van der Waals surface area contributed by atoms with Crippen LogP contribution in [-0.4, -0.2) is 35.3 Å². The van der Waals surface area contributed by atoms with E-state index < -0.39 is 18.0 Å². The summed E-state index contributed by atoms with van der Waals surface area (Å²) in [7, 11) is 0. The van der Waals surface area contributed by atoms with Gasteiger partial charge in [-0.25, -0.2) is 4.79 Å². The van der Waals surface area contributed by atoms with Gasteiger partial charge in [0.25, 0.3) is 5.91 Å². The molecule has 0 bridgehead atoms. The molecular weight excluding hydrogens is 330 g/mol. The van der Waals surface area contributed by atoms with Crippen LogP contribution in [0.1, 0.15) is 13.8 Å². The summed E-state index contributed by atoms with van der Waals surface area (Å²) in [5, 5.41) is 5.43. The standard InChI is InChI=1S/C20H21N3O3/c1-13(2)18-19(25)23(20(26)22-18)12-17(24)21-16-11-7-6-10-15(16)14-8-4-3-5-9-14/h3-11,13,18H,12H2,1-2H3,(H,21,24)(H,22,26). The van der Waals surface area contributed by atoms with Crippen LogP contribution in [0.15, 0.2) is 54.6 Å². The largest absolute Gasteiger partial charge is 0.326 e. The minimum absolute atomic E-state index is 0.0293. The molecule has 6 nitrogen and oxygen atoms in total. The van der Waals surface area contributed by atoms with Crippen molar-refractivity contribution < 1.29 is 14.4 Å². The second-order valence-corrected chi connectivity index (χ2v) is 6.56. The van der Waals surface area contributed by atoms with E-state index in [1.807, 2.05) is 62.4 Å². The van der Waals surface area contributed by atoms with E-state index in [0.29, 0.717) is 5.69 Å². The second-order valence-electron chi connectivity index (χ2n) is 6.56. The molecule has 1 atom stereocenters. The maximum absolute atomic E-state index is 12.4. The average molecular weight is 351 g/mol. The van der Waals surface area contributed by atoms with E-state index in [0.717, 1.165) is 16.0 Å². The first-order valence-corrected chi connectivity index (χ1v) is 8.53. The molecule has 1 aliphatic rings. The third kappa shape index (κ3) is 3.59. The van der Waals surface area contributed by atoms with Crippen molar-refractivity contribution in [1.29, 1.82) is 0 Å². The topological polar surface area (TPSA) is 78.5 Å². The average Bonchev–Trinajstić information content (AvgIpc) is 2.91. The van der Waals surface area contributed by atoms with Crippen LogP contribution in [0.4, 0.5) is 10.5 Å². The highest BCUT2D eigenvalue weighted by molar-refractivity contribution is 6.08. The number of para-hydroxylation sites is 1. The van der Waals surface area contributed by atoms with Crippen LogP contribution in [0, 0.1) is 5.92 Å². The van der Waals surface area contributed by atoms with Crippen LogP contribution in [-0.2, 0) is 9.59 Å². The van der Waals surface area contributed by atoms with E-state index >= 15 is 0 Å². The van der Waals surface area contributed by atoms with E-state index in [-0.39, 0.29) is 18.4 Å². The molecule has 3 rings (SSSR count). The van der Waals surface area contributed by atoms with Crippen molar-refractivity contribution in [2.75, 3.05) is 11.9 Å². The van der Waals surface area contributed by atoms with Crippen molar-refractivity contribution in [3.63, 3.8) is 0 Å². The Labute approximate surface area is 152 Å². The normalized spacial score (nSPS) is 16.7. The minimum atomic E-state index is -0.577. The van der Waals surface area contributed by atoms with Crippen LogP contribution in [0.2, 0.25) is 0 Å². The number of urea groups is 1. The lowest BCUT2D eigenvalue weighted by atomic mass is 10.0. The Kier molecular flexibility index (Phi) is 5.02. The maximum Gasteiger partial charge on any atom is 0.325 e. The highest BCUT2D eigenvalue weighted by Crippen LogP contribution is 2.27. The molecule has 0 aromatic heterocycles. The number of carbonyl (C=O) groups excluding carboxylic acids is 3. The Hall–Kier alpha value is -3.15. The predicted octanol–water partition coefficient (Wildman–Crippen LogP) is 2.87. The molecule has 1 aliphatic heterocycles. The van der Waals surface area contributed by atoms with Crippen molar-refractivity contribution in [3.05, 3.63) is 54.6 Å². The first-order valence-electron chi connectivity index (χ1n) is 8.53. The smallest absolute Gasteiger partial charge is 0.325 e. The van der Waals surface area contributed by atoms with Gasteiger partial charge in [0.1, 0.15) is 12.6 Å². The van der Waals surface area contributed by atoms with Gasteiger partial charge in [0, 0.05) is 11.3 Å². The lowest BCUT2D eigenvalue weighted by Crippen LogP contribution is -2.39. The van der Waals surface area contributed by atoms with Crippen LogP contribution < -0.4 is 10.6 Å². The second kappa shape index (κ2) is 7.39. The minimum Gasteiger partial charge on any atom is -0.326 e. The highest BCUT2D eigenvalue weighted by atomic mass is 16.2. The lowest BCUT2D eigenvalue weighted by Gasteiger charge is -2.15. The van der Waals surface area contributed by atoms with Crippen LogP contribution >= 0.6 is 0 Å². The van der Waals surface area contributed by atoms with Gasteiger partial charge in [-0.15, -0.1) is 0 Å². The number of hydrogen-bond acceptors (Lipinski definition) is 3. The molecule has 2 aromatic rings. The SMILES string of the molecule is CC(C)C1NC(=O)N(CC(=O)Nc2ccccc2-c2ccccc2)C1=O. The molecule has 1 fully saturated rings. The number of carbonyl (C=O) groups is 3. The first-order chi connectivity index (χ1) is 12.5. The lowest BCUT2D eigenvalue weighted by molar-refractivity contribution is -0.131. The molecule has 1 saturated heterocycles. The molecule has 26 heavy (non-hydrogen) atoms. The zero-order chi connectivity index (χ0) is 18.7. The van der Waals surface area contributed by atoms with Crippen molar-refractivity contribution in [2.24, 2.45) is 5.92 Å². The molecule has 6 heteroatoms. The Morgan fingerprint density at radius 1 is 1.08 bits per heavy atom. The Balaban J connectivity index is 1.74. The zero-order valence-corrected chi connectivity index (χ0v) is 14.7. The molecule has 2 aromatic carbocycles. The van der Waals surface area contributed by atoms with Crippen LogP contribution in [0.3, 0.4) is 0 Å². The molecule has 0 aliphatic carbocycles. The van der Waals surface area contributed by atoms with Crippen molar-refractivity contribution in [2.45, 2.75) is 19.9 Å². The van der Waals surface area contributed by atoms with E-state index in [1.54, 1.807) is 6.07 Å². The third-order valence-corrected chi connectivity index (χ3v) is 4.31. The van der Waals surface area contributed by atoms with E-state index in [4.69, 9.17) is 0 Å². The van der Waals surface area contributed by atoms with Crippen LogP contribution in [0.25, 0.3) is 11.1 Å². The fourth-order valence-corrected chi connectivity index (χ4v) is 2.94. The molecular formula is C20H21N3O3. The fraction of sp³-hybridized carbons (Fsp3) is 0.250. The van der Waals surface area contributed by atoms with Gasteiger partial charge in [-0.05, 0) is 17.5 Å². The fourth-order valence-electron chi connectivity index (χ4n) is 2.94. The monoisotopic (exact) mass is 351 g/mol. The number of nitrogens with zero attached hydrogens (tertiary/aromatic N) is 1. The van der Waals surface area contributed by atoms with Gasteiger partial charge in [0.05, 0.1) is 0 Å². The number of nitrogens with one attached hydrogen (secondary N) is 2. The number of rotatable bonds is 5. The summed E-state index contributed by atoms with van der Waals surface area (Å²) >= 11 is 0. The predicted molar refractivity (Wildman–Crippen MR) is 99.4 cm³/mol.